The van der Waals surface area contributed by atoms with E-state index in [4.69, 9.17) is 20.8 Å². The van der Waals surface area contributed by atoms with E-state index in [1.807, 2.05) is 6.92 Å². The van der Waals surface area contributed by atoms with Crippen molar-refractivity contribution in [3.63, 3.8) is 0 Å². The molecule has 3 aromatic rings. The van der Waals surface area contributed by atoms with Crippen molar-refractivity contribution in [3.8, 4) is 11.8 Å². The number of dihydropyridines is 1. The third-order valence-electron chi connectivity index (χ3n) is 6.18. The lowest BCUT2D eigenvalue weighted by Crippen LogP contribution is -2.31. The quantitative estimate of drug-likeness (QED) is 0.296. The minimum Gasteiger partial charge on any atom is -0.495 e. The average molecular weight is 563 g/mol. The molecule has 1 aliphatic rings. The molecule has 2 aromatic carbocycles. The largest absolute Gasteiger partial charge is 0.495 e. The Labute approximate surface area is 236 Å². The van der Waals surface area contributed by atoms with Crippen molar-refractivity contribution in [3.05, 3.63) is 98.6 Å². The summed E-state index contributed by atoms with van der Waals surface area (Å²) in [4.78, 5) is 26.4. The highest BCUT2D eigenvalue weighted by Gasteiger charge is 2.37. The molecule has 8 nitrogen and oxygen atoms in total. The number of methoxy groups -OCH3 is 1. The molecule has 3 N–H and O–H groups in total. The van der Waals surface area contributed by atoms with Crippen molar-refractivity contribution < 1.29 is 18.7 Å². The Morgan fingerprint density at radius 1 is 1.08 bits per heavy atom. The summed E-state index contributed by atoms with van der Waals surface area (Å²) in [5, 5.41) is 20.2. The van der Waals surface area contributed by atoms with Gasteiger partial charge >= 0.3 is 0 Å². The summed E-state index contributed by atoms with van der Waals surface area (Å²) in [7, 11) is 1.52. The number of thioether (sulfide) groups is 1. The first-order valence-electron chi connectivity index (χ1n) is 12.0. The zero-order valence-electron chi connectivity index (χ0n) is 21.8. The van der Waals surface area contributed by atoms with Gasteiger partial charge in [-0.3, -0.25) is 9.59 Å². The number of allylic oxidation sites excluding steroid dienone is 2. The Morgan fingerprint density at radius 3 is 2.51 bits per heavy atom. The van der Waals surface area contributed by atoms with Gasteiger partial charge < -0.3 is 25.1 Å². The number of nitrogens with one attached hydrogen (secondary N) is 3. The van der Waals surface area contributed by atoms with E-state index in [0.717, 1.165) is 5.56 Å². The summed E-state index contributed by atoms with van der Waals surface area (Å²) in [6, 6.07) is 18.1. The molecule has 10 heteroatoms. The molecule has 0 aliphatic carbocycles. The van der Waals surface area contributed by atoms with E-state index < -0.39 is 11.8 Å². The number of anilines is 2. The third-order valence-corrected chi connectivity index (χ3v) is 7.61. The molecule has 1 atom stereocenters. The molecule has 2 heterocycles. The highest BCUT2D eigenvalue weighted by molar-refractivity contribution is 8.03. The summed E-state index contributed by atoms with van der Waals surface area (Å²) in [6.07, 6.45) is 0. The summed E-state index contributed by atoms with van der Waals surface area (Å²) in [6.45, 7) is 5.37. The van der Waals surface area contributed by atoms with Crippen LogP contribution in [-0.2, 0) is 9.59 Å². The van der Waals surface area contributed by atoms with Gasteiger partial charge in [0.1, 0.15) is 17.3 Å². The molecule has 4 rings (SSSR count). The maximum atomic E-state index is 13.6. The zero-order chi connectivity index (χ0) is 28.1. The standard InChI is InChI=1S/C29H27ClN4O4S/c1-16-12-13-24(38-16)27-19(14-31)29(39-15-25(35)33-21-10-7-8-20(30)17(21)2)32-18(3)26(27)28(36)34-22-9-5-6-11-23(22)37-4/h5-13,27,32H,15H2,1-4H3,(H,33,35)(H,34,36)/t27-/m0/s1. The van der Waals surface area contributed by atoms with Gasteiger partial charge in [-0.25, -0.2) is 0 Å². The predicted molar refractivity (Wildman–Crippen MR) is 154 cm³/mol. The molecule has 39 heavy (non-hydrogen) atoms. The summed E-state index contributed by atoms with van der Waals surface area (Å²) in [5.74, 6) is 0.185. The van der Waals surface area contributed by atoms with Crippen LogP contribution in [0.15, 0.2) is 80.9 Å². The molecule has 0 unspecified atom stereocenters. The number of nitrogens with zero attached hydrogens (tertiary/aromatic N) is 1. The second-order valence-electron chi connectivity index (χ2n) is 8.80. The van der Waals surface area contributed by atoms with Crippen LogP contribution >= 0.6 is 23.4 Å². The normalized spacial score (nSPS) is 14.9. The number of furan rings is 1. The van der Waals surface area contributed by atoms with Gasteiger partial charge in [0.05, 0.1) is 46.7 Å². The van der Waals surface area contributed by atoms with E-state index >= 15 is 0 Å². The molecular weight excluding hydrogens is 536 g/mol. The number of aryl methyl sites for hydroxylation is 1. The molecule has 0 spiro atoms. The fourth-order valence-corrected chi connectivity index (χ4v) is 5.29. The summed E-state index contributed by atoms with van der Waals surface area (Å²) < 4.78 is 11.3. The molecule has 0 radical (unpaired) electrons. The predicted octanol–water partition coefficient (Wildman–Crippen LogP) is 6.27. The van der Waals surface area contributed by atoms with Gasteiger partial charge in [-0.1, -0.05) is 41.6 Å². The molecular formula is C29H27ClN4O4S. The topological polar surface area (TPSA) is 116 Å². The van der Waals surface area contributed by atoms with Crippen molar-refractivity contribution >= 4 is 46.6 Å². The number of amides is 2. The minimum absolute atomic E-state index is 0.0272. The van der Waals surface area contributed by atoms with Crippen LogP contribution in [0.2, 0.25) is 5.02 Å². The maximum Gasteiger partial charge on any atom is 0.254 e. The average Bonchev–Trinajstić information content (AvgIpc) is 3.35. The van der Waals surface area contributed by atoms with Gasteiger partial charge in [0.2, 0.25) is 5.91 Å². The van der Waals surface area contributed by atoms with Gasteiger partial charge in [0.25, 0.3) is 5.91 Å². The van der Waals surface area contributed by atoms with Crippen molar-refractivity contribution in [1.29, 1.82) is 5.26 Å². The first kappa shape index (κ1) is 27.9. The number of hydrogen-bond acceptors (Lipinski definition) is 7. The lowest BCUT2D eigenvalue weighted by molar-refractivity contribution is -0.114. The summed E-state index contributed by atoms with van der Waals surface area (Å²) >= 11 is 7.34. The van der Waals surface area contributed by atoms with E-state index in [0.29, 0.717) is 50.0 Å². The minimum atomic E-state index is -0.777. The zero-order valence-corrected chi connectivity index (χ0v) is 23.4. The molecule has 0 bridgehead atoms. The van der Waals surface area contributed by atoms with Crippen molar-refractivity contribution in [2.75, 3.05) is 23.5 Å². The van der Waals surface area contributed by atoms with Crippen LogP contribution in [0.5, 0.6) is 5.75 Å². The number of benzene rings is 2. The van der Waals surface area contributed by atoms with Gasteiger partial charge in [0.15, 0.2) is 0 Å². The third kappa shape index (κ3) is 6.14. The molecule has 1 aliphatic heterocycles. The lowest BCUT2D eigenvalue weighted by Gasteiger charge is -2.28. The second kappa shape index (κ2) is 12.2. The van der Waals surface area contributed by atoms with Crippen LogP contribution in [0.3, 0.4) is 0 Å². The van der Waals surface area contributed by atoms with Crippen LogP contribution in [0.25, 0.3) is 0 Å². The molecule has 0 saturated carbocycles. The molecule has 200 valence electrons. The van der Waals surface area contributed by atoms with E-state index in [-0.39, 0.29) is 17.2 Å². The molecule has 0 fully saturated rings. The van der Waals surface area contributed by atoms with Gasteiger partial charge in [-0.15, -0.1) is 0 Å². The van der Waals surface area contributed by atoms with E-state index in [9.17, 15) is 14.9 Å². The number of para-hydroxylation sites is 2. The van der Waals surface area contributed by atoms with Crippen LogP contribution in [0.4, 0.5) is 11.4 Å². The van der Waals surface area contributed by atoms with Crippen LogP contribution in [0, 0.1) is 25.2 Å². The fraction of sp³-hybridized carbons (Fsp3) is 0.207. The number of nitriles is 1. The maximum absolute atomic E-state index is 13.6. The Morgan fingerprint density at radius 2 is 1.82 bits per heavy atom. The summed E-state index contributed by atoms with van der Waals surface area (Å²) in [5.41, 5.74) is 3.02. The second-order valence-corrected chi connectivity index (χ2v) is 10.2. The fourth-order valence-electron chi connectivity index (χ4n) is 4.22. The Kier molecular flexibility index (Phi) is 8.69. The molecule has 2 amide bonds. The number of halogens is 1. The van der Waals surface area contributed by atoms with E-state index in [1.54, 1.807) is 68.4 Å². The van der Waals surface area contributed by atoms with Crippen LogP contribution in [0.1, 0.15) is 29.9 Å². The van der Waals surface area contributed by atoms with E-state index in [1.165, 1.54) is 18.9 Å². The first-order chi connectivity index (χ1) is 18.7. The molecule has 1 aromatic heterocycles. The van der Waals surface area contributed by atoms with Gasteiger partial charge in [-0.2, -0.15) is 5.26 Å². The Hall–Kier alpha value is -4.13. The number of rotatable bonds is 8. The Bertz CT molecular complexity index is 1540. The SMILES string of the molecule is COc1ccccc1NC(=O)C1=C(C)NC(SCC(=O)Nc2cccc(Cl)c2C)=C(C#N)[C@H]1c1ccc(C)o1. The monoisotopic (exact) mass is 562 g/mol. The van der Waals surface area contributed by atoms with Crippen molar-refractivity contribution in [2.45, 2.75) is 26.7 Å². The Balaban J connectivity index is 1.62. The first-order valence-corrected chi connectivity index (χ1v) is 13.4. The number of carbonyl (C=O) groups excluding carboxylic acids is 2. The smallest absolute Gasteiger partial charge is 0.254 e. The van der Waals surface area contributed by atoms with E-state index in [2.05, 4.69) is 22.0 Å². The van der Waals surface area contributed by atoms with Gasteiger partial charge in [0, 0.05) is 16.4 Å². The highest BCUT2D eigenvalue weighted by Crippen LogP contribution is 2.42. The number of hydrogen-bond donors (Lipinski definition) is 3. The highest BCUT2D eigenvalue weighted by atomic mass is 35.5. The van der Waals surface area contributed by atoms with Crippen LogP contribution < -0.4 is 20.7 Å². The number of carbonyl (C=O) groups is 2. The van der Waals surface area contributed by atoms with Crippen LogP contribution in [-0.4, -0.2) is 24.7 Å². The van der Waals surface area contributed by atoms with Gasteiger partial charge in [-0.05, 0) is 62.7 Å². The molecule has 0 saturated heterocycles. The lowest BCUT2D eigenvalue weighted by atomic mass is 9.85. The van der Waals surface area contributed by atoms with Crippen molar-refractivity contribution in [2.24, 2.45) is 0 Å². The van der Waals surface area contributed by atoms with Crippen molar-refractivity contribution in [1.82, 2.24) is 5.32 Å². The number of ether oxygens (including phenoxy) is 1.